The molecular formula is C13H12BrCl2NS. The fraction of sp³-hybridized carbons (Fsp3) is 0.231. The van der Waals surface area contributed by atoms with Gasteiger partial charge >= 0.3 is 0 Å². The highest BCUT2D eigenvalue weighted by Crippen LogP contribution is 2.32. The summed E-state index contributed by atoms with van der Waals surface area (Å²) in [6, 6.07) is 10.2. The van der Waals surface area contributed by atoms with E-state index in [0.717, 1.165) is 20.4 Å². The van der Waals surface area contributed by atoms with Crippen LogP contribution in [0.3, 0.4) is 0 Å². The van der Waals surface area contributed by atoms with Crippen LogP contribution in [0.5, 0.6) is 0 Å². The minimum atomic E-state index is 0.253. The van der Waals surface area contributed by atoms with Crippen molar-refractivity contribution in [3.63, 3.8) is 0 Å². The third kappa shape index (κ3) is 3.72. The molecule has 0 aliphatic heterocycles. The van der Waals surface area contributed by atoms with Gasteiger partial charge in [0.15, 0.2) is 0 Å². The van der Waals surface area contributed by atoms with Gasteiger partial charge < -0.3 is 5.32 Å². The molecule has 1 aromatic carbocycles. The van der Waals surface area contributed by atoms with Crippen molar-refractivity contribution in [2.75, 3.05) is 0 Å². The Morgan fingerprint density at radius 2 is 2.11 bits per heavy atom. The molecule has 0 bridgehead atoms. The van der Waals surface area contributed by atoms with E-state index in [2.05, 4.69) is 34.2 Å². The fourth-order valence-electron chi connectivity index (χ4n) is 1.63. The monoisotopic (exact) mass is 363 g/mol. The van der Waals surface area contributed by atoms with E-state index in [1.807, 2.05) is 24.3 Å². The molecule has 2 aromatic rings. The Morgan fingerprint density at radius 1 is 1.33 bits per heavy atom. The van der Waals surface area contributed by atoms with Gasteiger partial charge in [0.05, 0.1) is 0 Å². The summed E-state index contributed by atoms with van der Waals surface area (Å²) in [5.41, 5.74) is 1.18. The van der Waals surface area contributed by atoms with Gasteiger partial charge in [0.25, 0.3) is 0 Å². The molecule has 0 radical (unpaired) electrons. The molecule has 0 spiro atoms. The fourth-order valence-corrected chi connectivity index (χ4v) is 3.57. The number of nitrogens with one attached hydrogen (secondary N) is 1. The molecule has 5 heteroatoms. The zero-order valence-electron chi connectivity index (χ0n) is 9.71. The van der Waals surface area contributed by atoms with Crippen molar-refractivity contribution < 1.29 is 0 Å². The maximum Gasteiger partial charge on any atom is 0.107 e. The predicted molar refractivity (Wildman–Crippen MR) is 83.7 cm³/mol. The minimum absolute atomic E-state index is 0.253. The summed E-state index contributed by atoms with van der Waals surface area (Å²) in [7, 11) is 0. The highest BCUT2D eigenvalue weighted by atomic mass is 79.9. The average Bonchev–Trinajstić information content (AvgIpc) is 2.66. The quantitative estimate of drug-likeness (QED) is 0.737. The average molecular weight is 365 g/mol. The highest BCUT2D eigenvalue weighted by molar-refractivity contribution is 9.10. The summed E-state index contributed by atoms with van der Waals surface area (Å²) in [5, 5.41) is 4.22. The van der Waals surface area contributed by atoms with Crippen molar-refractivity contribution in [2.45, 2.75) is 19.5 Å². The van der Waals surface area contributed by atoms with E-state index in [4.69, 9.17) is 23.2 Å². The summed E-state index contributed by atoms with van der Waals surface area (Å²) in [6.07, 6.45) is 0. The third-order valence-electron chi connectivity index (χ3n) is 2.63. The van der Waals surface area contributed by atoms with Crippen LogP contribution >= 0.6 is 50.5 Å². The van der Waals surface area contributed by atoms with Crippen LogP contribution in [-0.2, 0) is 6.54 Å². The molecule has 18 heavy (non-hydrogen) atoms. The Labute approximate surface area is 129 Å². The van der Waals surface area contributed by atoms with Crippen LogP contribution in [-0.4, -0.2) is 0 Å². The van der Waals surface area contributed by atoms with Gasteiger partial charge in [-0.3, -0.25) is 0 Å². The van der Waals surface area contributed by atoms with Crippen molar-refractivity contribution in [1.29, 1.82) is 0 Å². The highest BCUT2D eigenvalue weighted by Gasteiger charge is 2.08. The third-order valence-corrected chi connectivity index (χ3v) is 5.34. The Hall–Kier alpha value is -0.0600. The van der Waals surface area contributed by atoms with Gasteiger partial charge in [-0.2, -0.15) is 0 Å². The Morgan fingerprint density at radius 3 is 2.72 bits per heavy atom. The molecule has 1 aromatic heterocycles. The Kier molecular flexibility index (Phi) is 5.10. The van der Waals surface area contributed by atoms with Gasteiger partial charge in [-0.15, -0.1) is 11.3 Å². The standard InChI is InChI=1S/C13H12BrCl2NS/c1-8(9-3-2-4-10(15)5-9)17-7-11-6-12(14)13(16)18-11/h2-6,8,17H,7H2,1H3/t8-/m1/s1. The van der Waals surface area contributed by atoms with Crippen molar-refractivity contribution in [3.8, 4) is 0 Å². The Balaban J connectivity index is 1.98. The maximum atomic E-state index is 6.01. The van der Waals surface area contributed by atoms with E-state index < -0.39 is 0 Å². The largest absolute Gasteiger partial charge is 0.305 e. The lowest BCUT2D eigenvalue weighted by Gasteiger charge is -2.13. The number of benzene rings is 1. The van der Waals surface area contributed by atoms with E-state index in [1.165, 1.54) is 10.4 Å². The normalized spacial score (nSPS) is 12.7. The van der Waals surface area contributed by atoms with Gasteiger partial charge in [0.2, 0.25) is 0 Å². The minimum Gasteiger partial charge on any atom is -0.305 e. The van der Waals surface area contributed by atoms with E-state index in [0.29, 0.717) is 0 Å². The number of thiophene rings is 1. The lowest BCUT2D eigenvalue weighted by Crippen LogP contribution is -2.17. The second-order valence-electron chi connectivity index (χ2n) is 3.99. The summed E-state index contributed by atoms with van der Waals surface area (Å²) >= 11 is 17.0. The summed E-state index contributed by atoms with van der Waals surface area (Å²) < 4.78 is 1.75. The zero-order chi connectivity index (χ0) is 13.1. The first kappa shape index (κ1) is 14.4. The van der Waals surface area contributed by atoms with E-state index in [9.17, 15) is 0 Å². The summed E-state index contributed by atoms with van der Waals surface area (Å²) in [6.45, 7) is 2.92. The first-order chi connectivity index (χ1) is 8.56. The van der Waals surface area contributed by atoms with Crippen LogP contribution in [0.4, 0.5) is 0 Å². The van der Waals surface area contributed by atoms with Gasteiger partial charge in [-0.1, -0.05) is 35.3 Å². The van der Waals surface area contributed by atoms with Gasteiger partial charge in [0, 0.05) is 27.0 Å². The smallest absolute Gasteiger partial charge is 0.107 e. The predicted octanol–water partition coefficient (Wildman–Crippen LogP) is 5.67. The number of hydrogen-bond acceptors (Lipinski definition) is 2. The van der Waals surface area contributed by atoms with Gasteiger partial charge in [-0.05, 0) is 46.6 Å². The van der Waals surface area contributed by atoms with Crippen molar-refractivity contribution in [2.24, 2.45) is 0 Å². The first-order valence-electron chi connectivity index (χ1n) is 5.49. The van der Waals surface area contributed by atoms with E-state index in [1.54, 1.807) is 11.3 Å². The van der Waals surface area contributed by atoms with E-state index in [-0.39, 0.29) is 6.04 Å². The molecule has 0 fully saturated rings. The number of hydrogen-bond donors (Lipinski definition) is 1. The summed E-state index contributed by atoms with van der Waals surface area (Å²) in [5.74, 6) is 0. The second-order valence-corrected chi connectivity index (χ2v) is 7.02. The molecule has 1 nitrogen and oxygen atoms in total. The molecule has 0 saturated heterocycles. The maximum absolute atomic E-state index is 6.01. The molecule has 0 aliphatic carbocycles. The molecule has 0 unspecified atom stereocenters. The molecule has 1 atom stereocenters. The lowest BCUT2D eigenvalue weighted by molar-refractivity contribution is 0.579. The molecule has 2 rings (SSSR count). The van der Waals surface area contributed by atoms with Crippen LogP contribution < -0.4 is 5.32 Å². The van der Waals surface area contributed by atoms with Crippen LogP contribution in [0.25, 0.3) is 0 Å². The SMILES string of the molecule is C[C@@H](NCc1cc(Br)c(Cl)s1)c1cccc(Cl)c1. The lowest BCUT2D eigenvalue weighted by atomic mass is 10.1. The first-order valence-corrected chi connectivity index (χ1v) is 7.85. The molecule has 96 valence electrons. The Bertz CT molecular complexity index is 522. The zero-order valence-corrected chi connectivity index (χ0v) is 13.6. The molecule has 0 amide bonds. The van der Waals surface area contributed by atoms with Crippen molar-refractivity contribution in [3.05, 3.63) is 54.6 Å². The van der Waals surface area contributed by atoms with Gasteiger partial charge in [0.1, 0.15) is 4.34 Å². The molecular weight excluding hydrogens is 353 g/mol. The number of rotatable bonds is 4. The number of halogens is 3. The van der Waals surface area contributed by atoms with Crippen LogP contribution in [0.15, 0.2) is 34.8 Å². The molecule has 0 saturated carbocycles. The van der Waals surface area contributed by atoms with E-state index >= 15 is 0 Å². The van der Waals surface area contributed by atoms with Crippen LogP contribution in [0.1, 0.15) is 23.4 Å². The molecule has 0 aliphatic rings. The van der Waals surface area contributed by atoms with Gasteiger partial charge in [-0.25, -0.2) is 0 Å². The molecule has 1 heterocycles. The molecule has 1 N–H and O–H groups in total. The van der Waals surface area contributed by atoms with Crippen molar-refractivity contribution in [1.82, 2.24) is 5.32 Å². The topological polar surface area (TPSA) is 12.0 Å². The van der Waals surface area contributed by atoms with Crippen LogP contribution in [0, 0.1) is 0 Å². The van der Waals surface area contributed by atoms with Crippen LogP contribution in [0.2, 0.25) is 9.36 Å². The second kappa shape index (κ2) is 6.40. The van der Waals surface area contributed by atoms with Crippen molar-refractivity contribution >= 4 is 50.5 Å². The summed E-state index contributed by atoms with van der Waals surface area (Å²) in [4.78, 5) is 1.21.